The zero-order chi connectivity index (χ0) is 12.7. The molecule has 0 N–H and O–H groups in total. The van der Waals surface area contributed by atoms with Gasteiger partial charge in [0.2, 0.25) is 5.91 Å². The van der Waals surface area contributed by atoms with Gasteiger partial charge in [-0.25, -0.2) is 4.39 Å². The number of nitrogens with zero attached hydrogens (tertiary/aromatic N) is 1. The van der Waals surface area contributed by atoms with Crippen LogP contribution < -0.4 is 0 Å². The van der Waals surface area contributed by atoms with Crippen LogP contribution in [0.25, 0.3) is 0 Å². The summed E-state index contributed by atoms with van der Waals surface area (Å²) in [7, 11) is 0. The third-order valence-electron chi connectivity index (χ3n) is 3.29. The smallest absolute Gasteiger partial charge is 0.228 e. The van der Waals surface area contributed by atoms with Gasteiger partial charge < -0.3 is 4.90 Å². The maximum Gasteiger partial charge on any atom is 0.228 e. The molecule has 0 unspecified atom stereocenters. The number of hydrogen-bond donors (Lipinski definition) is 0. The van der Waals surface area contributed by atoms with Crippen LogP contribution in [0.5, 0.6) is 0 Å². The second kappa shape index (κ2) is 4.01. The molecule has 2 nitrogen and oxygen atoms in total. The highest BCUT2D eigenvalue weighted by molar-refractivity contribution is 5.81. The summed E-state index contributed by atoms with van der Waals surface area (Å²) in [6.07, 6.45) is -0.883. The molecule has 0 aliphatic carbocycles. The Balaban J connectivity index is 2.75. The minimum Gasteiger partial charge on any atom is -0.339 e. The molecule has 0 aromatic rings. The second-order valence-corrected chi connectivity index (χ2v) is 6.95. The number of rotatable bonds is 0. The minimum atomic E-state index is -0.883. The van der Waals surface area contributed by atoms with Gasteiger partial charge in [0.1, 0.15) is 6.17 Å². The van der Waals surface area contributed by atoms with Gasteiger partial charge in [-0.3, -0.25) is 4.79 Å². The summed E-state index contributed by atoms with van der Waals surface area (Å²) >= 11 is 0. The highest BCUT2D eigenvalue weighted by Gasteiger charge is 2.43. The van der Waals surface area contributed by atoms with Gasteiger partial charge in [-0.1, -0.05) is 41.5 Å². The first-order chi connectivity index (χ1) is 7.03. The molecule has 1 amide bonds. The maximum atomic E-state index is 13.9. The monoisotopic (exact) mass is 229 g/mol. The molecular formula is C13H24FNO. The SMILES string of the molecule is CC(C)(C)C(=O)N1C[C@@H](C(C)(C)C)[C@@H](F)C1. The van der Waals surface area contributed by atoms with Crippen molar-refractivity contribution < 1.29 is 9.18 Å². The highest BCUT2D eigenvalue weighted by Crippen LogP contribution is 2.36. The van der Waals surface area contributed by atoms with Crippen molar-refractivity contribution in [1.29, 1.82) is 0 Å². The summed E-state index contributed by atoms with van der Waals surface area (Å²) in [6.45, 7) is 12.6. The van der Waals surface area contributed by atoms with E-state index in [0.717, 1.165) is 0 Å². The topological polar surface area (TPSA) is 20.3 Å². The number of carbonyl (C=O) groups excluding carboxylic acids is 1. The van der Waals surface area contributed by atoms with E-state index in [2.05, 4.69) is 0 Å². The van der Waals surface area contributed by atoms with E-state index in [0.29, 0.717) is 6.54 Å². The first kappa shape index (κ1) is 13.5. The average molecular weight is 229 g/mol. The van der Waals surface area contributed by atoms with Gasteiger partial charge in [0.05, 0.1) is 6.54 Å². The van der Waals surface area contributed by atoms with Crippen LogP contribution in [0.4, 0.5) is 4.39 Å². The quantitative estimate of drug-likeness (QED) is 0.625. The number of likely N-dealkylation sites (tertiary alicyclic amines) is 1. The molecule has 0 radical (unpaired) electrons. The summed E-state index contributed by atoms with van der Waals surface area (Å²) in [4.78, 5) is 13.7. The molecule has 1 aliphatic rings. The van der Waals surface area contributed by atoms with Gasteiger partial charge in [-0.15, -0.1) is 0 Å². The molecular weight excluding hydrogens is 205 g/mol. The van der Waals surface area contributed by atoms with Gasteiger partial charge in [0.25, 0.3) is 0 Å². The molecule has 1 aliphatic heterocycles. The van der Waals surface area contributed by atoms with E-state index in [1.54, 1.807) is 4.90 Å². The van der Waals surface area contributed by atoms with E-state index < -0.39 is 11.6 Å². The van der Waals surface area contributed by atoms with E-state index in [4.69, 9.17) is 0 Å². The van der Waals surface area contributed by atoms with Crippen LogP contribution in [0.2, 0.25) is 0 Å². The van der Waals surface area contributed by atoms with Gasteiger partial charge in [0, 0.05) is 17.9 Å². The maximum absolute atomic E-state index is 13.9. The van der Waals surface area contributed by atoms with Crippen LogP contribution in [-0.2, 0) is 4.79 Å². The Kier molecular flexibility index (Phi) is 3.37. The van der Waals surface area contributed by atoms with Crippen LogP contribution in [0, 0.1) is 16.7 Å². The van der Waals surface area contributed by atoms with Crippen molar-refractivity contribution in [3.8, 4) is 0 Å². The largest absolute Gasteiger partial charge is 0.339 e. The predicted molar refractivity (Wildman–Crippen MR) is 63.9 cm³/mol. The summed E-state index contributed by atoms with van der Waals surface area (Å²) in [5.41, 5.74) is -0.487. The first-order valence-electron chi connectivity index (χ1n) is 5.97. The van der Waals surface area contributed by atoms with Crippen molar-refractivity contribution in [1.82, 2.24) is 4.90 Å². The molecule has 94 valence electrons. The number of carbonyl (C=O) groups is 1. The van der Waals surface area contributed by atoms with E-state index in [1.807, 2.05) is 41.5 Å². The molecule has 0 spiro atoms. The Hall–Kier alpha value is -0.600. The van der Waals surface area contributed by atoms with Crippen LogP contribution in [-0.4, -0.2) is 30.1 Å². The lowest BCUT2D eigenvalue weighted by atomic mass is 9.79. The van der Waals surface area contributed by atoms with E-state index in [-0.39, 0.29) is 23.8 Å². The standard InChI is InChI=1S/C13H24FNO/c1-12(2,3)9-7-15(8-10(9)14)11(16)13(4,5)6/h9-10H,7-8H2,1-6H3/t9-,10+/m1/s1. The van der Waals surface area contributed by atoms with E-state index in [1.165, 1.54) is 0 Å². The normalized spacial score (nSPS) is 27.3. The fourth-order valence-corrected chi connectivity index (χ4v) is 2.22. The number of hydrogen-bond acceptors (Lipinski definition) is 1. The van der Waals surface area contributed by atoms with Crippen LogP contribution in [0.1, 0.15) is 41.5 Å². The first-order valence-corrected chi connectivity index (χ1v) is 5.97. The minimum absolute atomic E-state index is 0.0428. The van der Waals surface area contributed by atoms with Crippen LogP contribution in [0.3, 0.4) is 0 Å². The van der Waals surface area contributed by atoms with Crippen molar-refractivity contribution in [2.24, 2.45) is 16.7 Å². The fraction of sp³-hybridized carbons (Fsp3) is 0.923. The van der Waals surface area contributed by atoms with Crippen molar-refractivity contribution in [2.75, 3.05) is 13.1 Å². The number of amides is 1. The van der Waals surface area contributed by atoms with Gasteiger partial charge in [-0.2, -0.15) is 0 Å². The Morgan fingerprint density at radius 3 is 1.94 bits per heavy atom. The van der Waals surface area contributed by atoms with Gasteiger partial charge in [0.15, 0.2) is 0 Å². The lowest BCUT2D eigenvalue weighted by Crippen LogP contribution is -2.38. The molecule has 0 aromatic heterocycles. The molecule has 1 heterocycles. The average Bonchev–Trinajstić information content (AvgIpc) is 2.43. The summed E-state index contributed by atoms with van der Waals surface area (Å²) in [5, 5.41) is 0. The molecule has 3 heteroatoms. The molecule has 1 saturated heterocycles. The molecule has 1 fully saturated rings. The lowest BCUT2D eigenvalue weighted by Gasteiger charge is -2.29. The summed E-state index contributed by atoms with van der Waals surface area (Å²) in [5.74, 6) is 0.0145. The van der Waals surface area contributed by atoms with Crippen molar-refractivity contribution in [2.45, 2.75) is 47.7 Å². The summed E-state index contributed by atoms with van der Waals surface area (Å²) in [6, 6.07) is 0. The Morgan fingerprint density at radius 2 is 1.62 bits per heavy atom. The van der Waals surface area contributed by atoms with E-state index >= 15 is 0 Å². The third kappa shape index (κ3) is 2.74. The van der Waals surface area contributed by atoms with Crippen molar-refractivity contribution >= 4 is 5.91 Å². The zero-order valence-corrected chi connectivity index (χ0v) is 11.3. The van der Waals surface area contributed by atoms with Crippen LogP contribution in [0.15, 0.2) is 0 Å². The Labute approximate surface area is 98.2 Å². The van der Waals surface area contributed by atoms with Crippen molar-refractivity contribution in [3.63, 3.8) is 0 Å². The molecule has 0 bridgehead atoms. The summed E-state index contributed by atoms with van der Waals surface area (Å²) < 4.78 is 13.9. The molecule has 2 atom stereocenters. The third-order valence-corrected chi connectivity index (χ3v) is 3.29. The Morgan fingerprint density at radius 1 is 1.12 bits per heavy atom. The fourth-order valence-electron chi connectivity index (χ4n) is 2.22. The lowest BCUT2D eigenvalue weighted by molar-refractivity contribution is -0.138. The highest BCUT2D eigenvalue weighted by atomic mass is 19.1. The van der Waals surface area contributed by atoms with E-state index in [9.17, 15) is 9.18 Å². The van der Waals surface area contributed by atoms with Gasteiger partial charge >= 0.3 is 0 Å². The molecule has 1 rings (SSSR count). The Bertz CT molecular complexity index is 275. The molecule has 0 aromatic carbocycles. The van der Waals surface area contributed by atoms with Crippen LogP contribution >= 0.6 is 0 Å². The molecule has 16 heavy (non-hydrogen) atoms. The zero-order valence-electron chi connectivity index (χ0n) is 11.3. The number of alkyl halides is 1. The van der Waals surface area contributed by atoms with Crippen molar-refractivity contribution in [3.05, 3.63) is 0 Å². The predicted octanol–water partition coefficient (Wildman–Crippen LogP) is 2.88. The van der Waals surface area contributed by atoms with Gasteiger partial charge in [-0.05, 0) is 5.41 Å². The second-order valence-electron chi connectivity index (χ2n) is 6.95. The molecule has 0 saturated carbocycles. The number of halogens is 1.